The van der Waals surface area contributed by atoms with Crippen molar-refractivity contribution in [2.45, 2.75) is 6.42 Å². The van der Waals surface area contributed by atoms with Crippen LogP contribution in [0.25, 0.3) is 6.08 Å². The van der Waals surface area contributed by atoms with Crippen LogP contribution >= 0.6 is 0 Å². The minimum atomic E-state index is -0.321. The van der Waals surface area contributed by atoms with Crippen molar-refractivity contribution in [2.75, 3.05) is 20.2 Å². The van der Waals surface area contributed by atoms with Crippen LogP contribution in [0.15, 0.2) is 48.5 Å². The third kappa shape index (κ3) is 6.07. The van der Waals surface area contributed by atoms with Gasteiger partial charge in [0.15, 0.2) is 0 Å². The molecule has 0 aromatic heterocycles. The first-order valence-electron chi connectivity index (χ1n) is 8.40. The summed E-state index contributed by atoms with van der Waals surface area (Å²) in [6.45, 7) is 0.788. The van der Waals surface area contributed by atoms with Crippen molar-refractivity contribution < 1.29 is 24.5 Å². The summed E-state index contributed by atoms with van der Waals surface area (Å²) in [5.74, 6) is -0.215. The maximum Gasteiger partial charge on any atom is 0.255 e. The van der Waals surface area contributed by atoms with Crippen LogP contribution in [0.1, 0.15) is 22.3 Å². The number of phenolic OH excluding ortho intramolecular Hbond substituents is 2. The summed E-state index contributed by atoms with van der Waals surface area (Å²) in [7, 11) is 1.51. The van der Waals surface area contributed by atoms with Gasteiger partial charge in [0, 0.05) is 30.8 Å². The first kappa shape index (κ1) is 19.8. The summed E-state index contributed by atoms with van der Waals surface area (Å²) >= 11 is 0. The van der Waals surface area contributed by atoms with Crippen molar-refractivity contribution in [1.82, 2.24) is 10.6 Å². The Morgan fingerprint density at radius 3 is 2.56 bits per heavy atom. The van der Waals surface area contributed by atoms with Gasteiger partial charge in [0.1, 0.15) is 17.2 Å². The molecule has 0 bridgehead atoms. The third-order valence-corrected chi connectivity index (χ3v) is 3.72. The molecule has 7 nitrogen and oxygen atoms in total. The van der Waals surface area contributed by atoms with Crippen LogP contribution in [0.3, 0.4) is 0 Å². The lowest BCUT2D eigenvalue weighted by Gasteiger charge is -2.09. The molecular weight excluding hydrogens is 348 g/mol. The number of nitrogens with one attached hydrogen (secondary N) is 2. The zero-order chi connectivity index (χ0) is 19.6. The number of methoxy groups -OCH3 is 1. The summed E-state index contributed by atoms with van der Waals surface area (Å²) in [4.78, 5) is 23.9. The van der Waals surface area contributed by atoms with Gasteiger partial charge < -0.3 is 25.6 Å². The molecule has 0 radical (unpaired) electrons. The predicted octanol–water partition coefficient (Wildman–Crippen LogP) is 2.06. The summed E-state index contributed by atoms with van der Waals surface area (Å²) in [5, 5.41) is 24.3. The number of benzene rings is 2. The number of phenols is 2. The fourth-order valence-corrected chi connectivity index (χ4v) is 2.33. The summed E-state index contributed by atoms with van der Waals surface area (Å²) in [5.41, 5.74) is 0.882. The van der Waals surface area contributed by atoms with Gasteiger partial charge in [0.25, 0.3) is 5.91 Å². The van der Waals surface area contributed by atoms with Crippen LogP contribution in [0.5, 0.6) is 17.2 Å². The molecule has 27 heavy (non-hydrogen) atoms. The SMILES string of the molecule is COc1ccccc1C(=O)NCCCNC(=O)C=Cc1ccc(O)cc1O. The van der Waals surface area contributed by atoms with Gasteiger partial charge >= 0.3 is 0 Å². The van der Waals surface area contributed by atoms with Crippen LogP contribution in [0.4, 0.5) is 0 Å². The second-order valence-corrected chi connectivity index (χ2v) is 5.68. The molecule has 0 fully saturated rings. The Bertz CT molecular complexity index is 833. The standard InChI is InChI=1S/C20H22N2O5/c1-27-18-6-3-2-5-16(18)20(26)22-12-4-11-21-19(25)10-8-14-7-9-15(23)13-17(14)24/h2-3,5-10,13,23-24H,4,11-12H2,1H3,(H,21,25)(H,22,26). The molecule has 0 saturated carbocycles. The molecule has 2 rings (SSSR count). The zero-order valence-electron chi connectivity index (χ0n) is 14.9. The second-order valence-electron chi connectivity index (χ2n) is 5.68. The molecule has 0 unspecified atom stereocenters. The van der Waals surface area contributed by atoms with Gasteiger partial charge in [-0.25, -0.2) is 0 Å². The fraction of sp³-hybridized carbons (Fsp3) is 0.200. The number of para-hydroxylation sites is 1. The molecule has 0 aliphatic heterocycles. The summed E-state index contributed by atoms with van der Waals surface area (Å²) in [6.07, 6.45) is 3.30. The Hall–Kier alpha value is -3.48. The zero-order valence-corrected chi connectivity index (χ0v) is 14.9. The van der Waals surface area contributed by atoms with E-state index in [1.807, 2.05) is 0 Å². The van der Waals surface area contributed by atoms with Crippen LogP contribution in [-0.4, -0.2) is 42.2 Å². The largest absolute Gasteiger partial charge is 0.508 e. The van der Waals surface area contributed by atoms with Crippen molar-refractivity contribution in [3.8, 4) is 17.2 Å². The van der Waals surface area contributed by atoms with E-state index in [1.54, 1.807) is 24.3 Å². The van der Waals surface area contributed by atoms with Crippen molar-refractivity contribution in [3.05, 3.63) is 59.7 Å². The van der Waals surface area contributed by atoms with E-state index in [-0.39, 0.29) is 23.3 Å². The molecule has 0 aliphatic carbocycles. The average molecular weight is 370 g/mol. The van der Waals surface area contributed by atoms with Gasteiger partial charge in [-0.15, -0.1) is 0 Å². The van der Waals surface area contributed by atoms with Crippen molar-refractivity contribution in [1.29, 1.82) is 0 Å². The Balaban J connectivity index is 1.71. The fourth-order valence-electron chi connectivity index (χ4n) is 2.33. The number of amides is 2. The van der Waals surface area contributed by atoms with Gasteiger partial charge in [0.2, 0.25) is 5.91 Å². The summed E-state index contributed by atoms with van der Waals surface area (Å²) < 4.78 is 5.15. The molecular formula is C20H22N2O5. The Morgan fingerprint density at radius 2 is 1.81 bits per heavy atom. The smallest absolute Gasteiger partial charge is 0.255 e. The minimum absolute atomic E-state index is 0.0516. The van der Waals surface area contributed by atoms with E-state index in [4.69, 9.17) is 4.74 Å². The van der Waals surface area contributed by atoms with E-state index < -0.39 is 0 Å². The second kappa shape index (κ2) is 9.86. The molecule has 142 valence electrons. The van der Waals surface area contributed by atoms with Crippen LogP contribution in [0, 0.1) is 0 Å². The average Bonchev–Trinajstić information content (AvgIpc) is 2.66. The number of ether oxygens (including phenoxy) is 1. The first-order chi connectivity index (χ1) is 13.0. The molecule has 0 saturated heterocycles. The Kier molecular flexibility index (Phi) is 7.25. The van der Waals surface area contributed by atoms with Crippen molar-refractivity contribution in [2.24, 2.45) is 0 Å². The molecule has 7 heteroatoms. The van der Waals surface area contributed by atoms with Crippen molar-refractivity contribution in [3.63, 3.8) is 0 Å². The first-order valence-corrected chi connectivity index (χ1v) is 8.40. The van der Waals surface area contributed by atoms with Gasteiger partial charge in [-0.1, -0.05) is 12.1 Å². The van der Waals surface area contributed by atoms with Gasteiger partial charge in [-0.05, 0) is 36.8 Å². The Morgan fingerprint density at radius 1 is 1.07 bits per heavy atom. The normalized spacial score (nSPS) is 10.6. The van der Waals surface area contributed by atoms with Gasteiger partial charge in [-0.2, -0.15) is 0 Å². The molecule has 0 aliphatic rings. The Labute approximate surface area is 157 Å². The van der Waals surface area contributed by atoms with Crippen LogP contribution < -0.4 is 15.4 Å². The maximum atomic E-state index is 12.1. The third-order valence-electron chi connectivity index (χ3n) is 3.72. The van der Waals surface area contributed by atoms with E-state index in [0.29, 0.717) is 36.4 Å². The molecule has 0 atom stereocenters. The highest BCUT2D eigenvalue weighted by molar-refractivity contribution is 5.96. The van der Waals surface area contributed by atoms with Gasteiger partial charge in [-0.3, -0.25) is 9.59 Å². The number of carbonyl (C=O) groups excluding carboxylic acids is 2. The quantitative estimate of drug-likeness (QED) is 0.420. The maximum absolute atomic E-state index is 12.1. The number of hydrogen-bond donors (Lipinski definition) is 4. The van der Waals surface area contributed by atoms with Crippen LogP contribution in [-0.2, 0) is 4.79 Å². The van der Waals surface area contributed by atoms with Gasteiger partial charge in [0.05, 0.1) is 12.7 Å². The number of rotatable bonds is 8. The van der Waals surface area contributed by atoms with E-state index in [9.17, 15) is 19.8 Å². The lowest BCUT2D eigenvalue weighted by atomic mass is 10.2. The lowest BCUT2D eigenvalue weighted by molar-refractivity contribution is -0.116. The molecule has 2 amide bonds. The predicted molar refractivity (Wildman–Crippen MR) is 102 cm³/mol. The number of carbonyl (C=O) groups is 2. The molecule has 2 aromatic carbocycles. The van der Waals surface area contributed by atoms with E-state index in [1.165, 1.54) is 37.5 Å². The molecule has 0 spiro atoms. The topological polar surface area (TPSA) is 108 Å². The molecule has 2 aromatic rings. The van der Waals surface area contributed by atoms with E-state index >= 15 is 0 Å². The monoisotopic (exact) mass is 370 g/mol. The molecule has 0 heterocycles. The van der Waals surface area contributed by atoms with Crippen LogP contribution in [0.2, 0.25) is 0 Å². The number of hydrogen-bond acceptors (Lipinski definition) is 5. The highest BCUT2D eigenvalue weighted by atomic mass is 16.5. The van der Waals surface area contributed by atoms with E-state index in [0.717, 1.165) is 0 Å². The minimum Gasteiger partial charge on any atom is -0.508 e. The van der Waals surface area contributed by atoms with Crippen molar-refractivity contribution >= 4 is 17.9 Å². The number of aromatic hydroxyl groups is 2. The molecule has 4 N–H and O–H groups in total. The summed E-state index contributed by atoms with van der Waals surface area (Å²) in [6, 6.07) is 11.1. The van der Waals surface area contributed by atoms with E-state index in [2.05, 4.69) is 10.6 Å². The lowest BCUT2D eigenvalue weighted by Crippen LogP contribution is -2.29. The highest BCUT2D eigenvalue weighted by Gasteiger charge is 2.10. The highest BCUT2D eigenvalue weighted by Crippen LogP contribution is 2.23.